The van der Waals surface area contributed by atoms with Gasteiger partial charge >= 0.3 is 6.09 Å². The summed E-state index contributed by atoms with van der Waals surface area (Å²) in [4.78, 5) is 35.1. The molecule has 1 atom stereocenters. The van der Waals surface area contributed by atoms with Crippen LogP contribution in [0.1, 0.15) is 21.5 Å². The molecule has 3 aromatic carbocycles. The number of fused-ring (bicyclic) bond motifs is 2. The van der Waals surface area contributed by atoms with E-state index >= 15 is 0 Å². The van der Waals surface area contributed by atoms with E-state index in [2.05, 4.69) is 15.3 Å². The number of benzene rings is 3. The van der Waals surface area contributed by atoms with E-state index in [-0.39, 0.29) is 11.9 Å². The van der Waals surface area contributed by atoms with E-state index in [1.165, 1.54) is 4.90 Å². The van der Waals surface area contributed by atoms with Crippen LogP contribution in [0.25, 0.3) is 11.0 Å². The van der Waals surface area contributed by atoms with Crippen molar-refractivity contribution in [2.24, 2.45) is 0 Å². The number of likely N-dealkylation sites (N-methyl/N-ethyl adjacent to an activating group) is 1. The van der Waals surface area contributed by atoms with Gasteiger partial charge in [0, 0.05) is 29.3 Å². The lowest BCUT2D eigenvalue weighted by molar-refractivity contribution is 0.0704. The summed E-state index contributed by atoms with van der Waals surface area (Å²) in [6.45, 7) is 1.20. The maximum Gasteiger partial charge on any atom is 0.411 e. The summed E-state index contributed by atoms with van der Waals surface area (Å²) in [5.41, 5.74) is 0.898. The van der Waals surface area contributed by atoms with E-state index in [0.717, 1.165) is 6.54 Å². The van der Waals surface area contributed by atoms with E-state index < -0.39 is 11.8 Å². The Morgan fingerprint density at radius 2 is 1.94 bits per heavy atom. The molecule has 10 nitrogen and oxygen atoms in total. The van der Waals surface area contributed by atoms with Crippen molar-refractivity contribution in [3.05, 3.63) is 83.4 Å². The van der Waals surface area contributed by atoms with Gasteiger partial charge in [-0.05, 0) is 44.4 Å². The van der Waals surface area contributed by atoms with Crippen molar-refractivity contribution in [1.29, 1.82) is 0 Å². The fourth-order valence-electron chi connectivity index (χ4n) is 4.40. The minimum absolute atomic E-state index is 0.0592. The summed E-state index contributed by atoms with van der Waals surface area (Å²) < 4.78 is 5.87. The molecule has 1 aliphatic rings. The van der Waals surface area contributed by atoms with E-state index in [1.807, 2.05) is 19.0 Å². The maximum atomic E-state index is 13.6. The highest BCUT2D eigenvalue weighted by Crippen LogP contribution is 2.45. The maximum absolute atomic E-state index is 13.6. The molecule has 4 N–H and O–H groups in total. The Balaban J connectivity index is 1.60. The van der Waals surface area contributed by atoms with Crippen molar-refractivity contribution in [2.75, 3.05) is 37.5 Å². The van der Waals surface area contributed by atoms with Crippen LogP contribution in [0.2, 0.25) is 0 Å². The number of aromatic nitrogens is 2. The van der Waals surface area contributed by atoms with Gasteiger partial charge in [-0.1, -0.05) is 30.3 Å². The molecule has 36 heavy (non-hydrogen) atoms. The van der Waals surface area contributed by atoms with Crippen LogP contribution in [0.5, 0.6) is 5.75 Å². The van der Waals surface area contributed by atoms with Gasteiger partial charge in [-0.3, -0.25) is 15.0 Å². The quantitative estimate of drug-likeness (QED) is 0.314. The van der Waals surface area contributed by atoms with Crippen LogP contribution in [0.15, 0.2) is 66.7 Å². The van der Waals surface area contributed by atoms with E-state index in [0.29, 0.717) is 45.8 Å². The van der Waals surface area contributed by atoms with E-state index in [1.54, 1.807) is 66.7 Å². The molecule has 0 spiro atoms. The lowest BCUT2D eigenvalue weighted by Gasteiger charge is -2.35. The molecule has 2 heterocycles. The number of aromatic amines is 1. The second-order valence-corrected chi connectivity index (χ2v) is 8.75. The number of nitrogens with one attached hydrogen (secondary N) is 2. The zero-order valence-corrected chi connectivity index (χ0v) is 19.7. The summed E-state index contributed by atoms with van der Waals surface area (Å²) in [5.74, 6) is 0.286. The summed E-state index contributed by atoms with van der Waals surface area (Å²) in [6, 6.07) is 19.0. The minimum Gasteiger partial charge on any atom is -0.492 e. The smallest absolute Gasteiger partial charge is 0.411 e. The number of hydrogen-bond donors (Lipinski definition) is 4. The summed E-state index contributed by atoms with van der Waals surface area (Å²) in [5, 5.41) is 23.4. The zero-order chi connectivity index (χ0) is 25.4. The number of anilines is 2. The van der Waals surface area contributed by atoms with Gasteiger partial charge in [-0.15, -0.1) is 0 Å². The predicted octanol–water partition coefficient (Wildman–Crippen LogP) is 3.45. The Bertz CT molecular complexity index is 1470. The van der Waals surface area contributed by atoms with Gasteiger partial charge in [0.25, 0.3) is 5.91 Å². The SMILES string of the molecule is CN(C)CCOc1cccc(N2C(=O)c3ccccc3C2(O)c2ccc3nc(NC(=O)O)[nH]c3c2)c1. The van der Waals surface area contributed by atoms with Gasteiger partial charge in [-0.2, -0.15) is 0 Å². The topological polar surface area (TPSA) is 131 Å². The fourth-order valence-corrected chi connectivity index (χ4v) is 4.40. The standard InChI is InChI=1S/C26H25N5O5/c1-30(2)12-13-36-18-7-5-6-17(15-18)31-23(32)19-8-3-4-9-20(19)26(31,35)16-10-11-21-22(14-16)28-24(27-21)29-25(33)34/h3-11,14-15,35H,12-13H2,1-2H3,(H,33,34)(H2,27,28,29). The van der Waals surface area contributed by atoms with E-state index in [9.17, 15) is 14.7 Å². The first kappa shape index (κ1) is 23.3. The normalized spacial score (nSPS) is 17.0. The fraction of sp³-hybridized carbons (Fsp3) is 0.192. The number of rotatable bonds is 7. The molecule has 1 aromatic heterocycles. The molecule has 184 valence electrons. The van der Waals surface area contributed by atoms with Gasteiger partial charge < -0.3 is 24.8 Å². The monoisotopic (exact) mass is 487 g/mol. The highest BCUT2D eigenvalue weighted by atomic mass is 16.5. The number of H-pyrrole nitrogens is 1. The Labute approximate surface area is 206 Å². The molecule has 1 unspecified atom stereocenters. The molecule has 0 aliphatic carbocycles. The predicted molar refractivity (Wildman–Crippen MR) is 134 cm³/mol. The molecule has 0 bridgehead atoms. The number of nitrogens with zero attached hydrogens (tertiary/aromatic N) is 3. The van der Waals surface area contributed by atoms with Gasteiger partial charge in [-0.25, -0.2) is 9.78 Å². The van der Waals surface area contributed by atoms with E-state index in [4.69, 9.17) is 9.84 Å². The lowest BCUT2D eigenvalue weighted by atomic mass is 9.93. The lowest BCUT2D eigenvalue weighted by Crippen LogP contribution is -2.45. The average molecular weight is 488 g/mol. The molecule has 0 saturated heterocycles. The third-order valence-corrected chi connectivity index (χ3v) is 6.05. The van der Waals surface area contributed by atoms with Crippen molar-refractivity contribution in [1.82, 2.24) is 14.9 Å². The zero-order valence-electron chi connectivity index (χ0n) is 19.7. The highest BCUT2D eigenvalue weighted by Gasteiger charge is 2.50. The van der Waals surface area contributed by atoms with Crippen molar-refractivity contribution in [2.45, 2.75) is 5.72 Å². The molecule has 0 radical (unpaired) electrons. The number of carbonyl (C=O) groups excluding carboxylic acids is 1. The first-order chi connectivity index (χ1) is 17.3. The van der Waals surface area contributed by atoms with Crippen LogP contribution < -0.4 is 15.0 Å². The highest BCUT2D eigenvalue weighted by molar-refractivity contribution is 6.12. The van der Waals surface area contributed by atoms with Gasteiger partial charge in [0.05, 0.1) is 16.7 Å². The summed E-state index contributed by atoms with van der Waals surface area (Å²) in [6.07, 6.45) is -1.25. The minimum atomic E-state index is -1.82. The Morgan fingerprint density at radius 1 is 1.14 bits per heavy atom. The number of hydrogen-bond acceptors (Lipinski definition) is 6. The van der Waals surface area contributed by atoms with Crippen molar-refractivity contribution < 1.29 is 24.5 Å². The van der Waals surface area contributed by atoms with Crippen LogP contribution in [0, 0.1) is 0 Å². The van der Waals surface area contributed by atoms with Crippen molar-refractivity contribution in [3.8, 4) is 5.75 Å². The van der Waals surface area contributed by atoms with Gasteiger partial charge in [0.1, 0.15) is 12.4 Å². The van der Waals surface area contributed by atoms with Crippen LogP contribution in [0.4, 0.5) is 16.4 Å². The first-order valence-electron chi connectivity index (χ1n) is 11.3. The Kier molecular flexibility index (Phi) is 5.83. The molecular weight excluding hydrogens is 462 g/mol. The number of imidazole rings is 1. The molecule has 1 aliphatic heterocycles. The third-order valence-electron chi connectivity index (χ3n) is 6.05. The second-order valence-electron chi connectivity index (χ2n) is 8.75. The number of aliphatic hydroxyl groups is 1. The molecule has 4 aromatic rings. The number of carbonyl (C=O) groups is 2. The number of carboxylic acid groups (broad SMARTS) is 1. The Morgan fingerprint density at radius 3 is 2.72 bits per heavy atom. The van der Waals surface area contributed by atoms with Crippen LogP contribution in [-0.4, -0.2) is 64.3 Å². The van der Waals surface area contributed by atoms with Crippen LogP contribution >= 0.6 is 0 Å². The summed E-state index contributed by atoms with van der Waals surface area (Å²) in [7, 11) is 3.91. The van der Waals surface area contributed by atoms with Crippen LogP contribution in [-0.2, 0) is 5.72 Å². The number of amides is 2. The molecule has 2 amide bonds. The Hall–Kier alpha value is -4.41. The molecular formula is C26H25N5O5. The molecule has 5 rings (SSSR count). The average Bonchev–Trinajstić information content (AvgIpc) is 3.34. The van der Waals surface area contributed by atoms with Crippen LogP contribution in [0.3, 0.4) is 0 Å². The first-order valence-corrected chi connectivity index (χ1v) is 11.3. The second kappa shape index (κ2) is 8.99. The molecule has 0 fully saturated rings. The largest absolute Gasteiger partial charge is 0.492 e. The molecule has 10 heteroatoms. The molecule has 0 saturated carbocycles. The van der Waals surface area contributed by atoms with Crippen molar-refractivity contribution >= 4 is 34.7 Å². The van der Waals surface area contributed by atoms with Gasteiger partial charge in [0.2, 0.25) is 5.95 Å². The number of ether oxygens (including phenoxy) is 1. The van der Waals surface area contributed by atoms with Crippen molar-refractivity contribution in [3.63, 3.8) is 0 Å². The summed E-state index contributed by atoms with van der Waals surface area (Å²) >= 11 is 0. The third kappa shape index (κ3) is 4.02. The van der Waals surface area contributed by atoms with Gasteiger partial charge in [0.15, 0.2) is 5.72 Å².